The number of nitrogens with zero attached hydrogens (tertiary/aromatic N) is 5. The number of aryl methyl sites for hydroxylation is 1. The molecule has 36 heavy (non-hydrogen) atoms. The first-order valence-corrected chi connectivity index (χ1v) is 12.7. The minimum Gasteiger partial charge on any atom is -0.495 e. The first-order valence-electron chi connectivity index (χ1n) is 12.7. The van der Waals surface area contributed by atoms with Crippen LogP contribution in [0.15, 0.2) is 41.2 Å². The van der Waals surface area contributed by atoms with Gasteiger partial charge < -0.3 is 18.7 Å². The lowest BCUT2D eigenvalue weighted by Crippen LogP contribution is -2.34. The Kier molecular flexibility index (Phi) is 6.16. The van der Waals surface area contributed by atoms with E-state index in [0.29, 0.717) is 11.7 Å². The van der Waals surface area contributed by atoms with Crippen molar-refractivity contribution < 1.29 is 14.1 Å². The number of rotatable bonds is 9. The zero-order chi connectivity index (χ0) is 24.5. The third-order valence-electron chi connectivity index (χ3n) is 7.36. The van der Waals surface area contributed by atoms with Crippen LogP contribution in [0.25, 0.3) is 22.3 Å². The average Bonchev–Trinajstić information content (AvgIpc) is 3.54. The molecule has 4 heterocycles. The van der Waals surface area contributed by atoms with E-state index in [9.17, 15) is 4.79 Å². The Morgan fingerprint density at radius 2 is 2.03 bits per heavy atom. The third kappa shape index (κ3) is 4.47. The summed E-state index contributed by atoms with van der Waals surface area (Å²) in [6, 6.07) is 10.7. The molecule has 8 heteroatoms. The van der Waals surface area contributed by atoms with Crippen molar-refractivity contribution in [2.24, 2.45) is 5.92 Å². The van der Waals surface area contributed by atoms with Gasteiger partial charge in [0.1, 0.15) is 5.75 Å². The van der Waals surface area contributed by atoms with Gasteiger partial charge in [-0.1, -0.05) is 17.3 Å². The normalized spacial score (nSPS) is 16.8. The fourth-order valence-corrected chi connectivity index (χ4v) is 5.22. The number of carbonyl (C=O) groups excluding carboxylic acids is 1. The lowest BCUT2D eigenvalue weighted by molar-refractivity contribution is 0.0969. The number of hydrogen-bond acceptors (Lipinski definition) is 7. The van der Waals surface area contributed by atoms with Crippen LogP contribution in [0.2, 0.25) is 0 Å². The van der Waals surface area contributed by atoms with Gasteiger partial charge in [0.25, 0.3) is 0 Å². The molecule has 8 nitrogen and oxygen atoms in total. The predicted molar refractivity (Wildman–Crippen MR) is 134 cm³/mol. The van der Waals surface area contributed by atoms with E-state index in [0.717, 1.165) is 86.1 Å². The number of methoxy groups -OCH3 is 1. The van der Waals surface area contributed by atoms with Crippen LogP contribution in [0.5, 0.6) is 5.75 Å². The van der Waals surface area contributed by atoms with E-state index in [1.807, 2.05) is 30.5 Å². The van der Waals surface area contributed by atoms with Gasteiger partial charge in [0.15, 0.2) is 5.78 Å². The Bertz CT molecular complexity index is 1350. The largest absolute Gasteiger partial charge is 0.495 e. The van der Waals surface area contributed by atoms with Crippen molar-refractivity contribution in [2.45, 2.75) is 44.6 Å². The number of piperidine rings is 1. The predicted octanol–water partition coefficient (Wildman–Crippen LogP) is 4.56. The van der Waals surface area contributed by atoms with E-state index in [2.05, 4.69) is 36.9 Å². The lowest BCUT2D eigenvalue weighted by atomic mass is 9.96. The molecule has 1 aliphatic carbocycles. The number of Topliss-reactive ketones (excluding diaryl/α,β-unsaturated/α-hetero) is 1. The summed E-state index contributed by atoms with van der Waals surface area (Å²) in [5.74, 6) is 2.82. The summed E-state index contributed by atoms with van der Waals surface area (Å²) in [7, 11) is 1.69. The van der Waals surface area contributed by atoms with Crippen LogP contribution in [0.4, 0.5) is 0 Å². The standard InChI is InChI=1S/C28H29N5O3/c1-35-24-5-2-4-22-23(26(34)19-6-7-19)18-33(25(22)24)15-3-14-32-16-10-21(11-17-32)28-30-27(31-36-28)20-8-12-29-13-9-20/h2,4-5,8,12,18-19,21H,3,6-7,10-11,14-17H2,1H3. The van der Waals surface area contributed by atoms with Crippen molar-refractivity contribution in [1.82, 2.24) is 24.6 Å². The minimum absolute atomic E-state index is 0.202. The number of hydrogen-bond donors (Lipinski definition) is 0. The van der Waals surface area contributed by atoms with Crippen molar-refractivity contribution >= 4 is 16.7 Å². The van der Waals surface area contributed by atoms with Crippen LogP contribution in [0.3, 0.4) is 0 Å². The highest BCUT2D eigenvalue weighted by molar-refractivity contribution is 6.11. The quantitative estimate of drug-likeness (QED) is 0.323. The van der Waals surface area contributed by atoms with E-state index < -0.39 is 0 Å². The number of likely N-dealkylation sites (tertiary alicyclic amines) is 1. The number of para-hydroxylation sites is 1. The van der Waals surface area contributed by atoms with Crippen LogP contribution in [-0.4, -0.2) is 57.1 Å². The first kappa shape index (κ1) is 22.7. The highest BCUT2D eigenvalue weighted by Gasteiger charge is 2.32. The van der Waals surface area contributed by atoms with Crippen LogP contribution in [0, 0.1) is 18.2 Å². The van der Waals surface area contributed by atoms with E-state index in [1.165, 1.54) is 0 Å². The maximum Gasteiger partial charge on any atom is 0.230 e. The summed E-state index contributed by atoms with van der Waals surface area (Å²) in [6.45, 7) is 3.85. The number of ether oxygens (including phenoxy) is 1. The molecule has 1 aromatic carbocycles. The van der Waals surface area contributed by atoms with Gasteiger partial charge in [-0.3, -0.25) is 4.79 Å². The zero-order valence-electron chi connectivity index (χ0n) is 20.4. The number of carbonyl (C=O) groups is 1. The minimum atomic E-state index is 0.202. The summed E-state index contributed by atoms with van der Waals surface area (Å²) < 4.78 is 13.4. The monoisotopic (exact) mass is 483 g/mol. The van der Waals surface area contributed by atoms with Crippen molar-refractivity contribution in [3.8, 4) is 17.1 Å². The van der Waals surface area contributed by atoms with E-state index >= 15 is 0 Å². The fourth-order valence-electron chi connectivity index (χ4n) is 5.22. The van der Waals surface area contributed by atoms with E-state index in [4.69, 9.17) is 9.26 Å². The molecule has 0 bridgehead atoms. The Morgan fingerprint density at radius 1 is 1.17 bits per heavy atom. The number of benzene rings is 1. The van der Waals surface area contributed by atoms with Crippen molar-refractivity contribution in [1.29, 1.82) is 0 Å². The lowest BCUT2D eigenvalue weighted by Gasteiger charge is -2.30. The summed E-state index contributed by atoms with van der Waals surface area (Å²) in [6.07, 6.45) is 11.4. The summed E-state index contributed by atoms with van der Waals surface area (Å²) in [5, 5.41) is 5.12. The molecule has 0 unspecified atom stereocenters. The Morgan fingerprint density at radius 3 is 2.78 bits per heavy atom. The first-order chi connectivity index (χ1) is 17.7. The van der Waals surface area contributed by atoms with E-state index in [1.54, 1.807) is 13.3 Å². The summed E-state index contributed by atoms with van der Waals surface area (Å²) in [5.41, 5.74) is 2.61. The molecule has 1 aliphatic heterocycles. The second-order valence-corrected chi connectivity index (χ2v) is 9.75. The molecule has 0 atom stereocenters. The molecule has 4 aromatic rings. The maximum absolute atomic E-state index is 12.9. The van der Waals surface area contributed by atoms with Gasteiger partial charge in [0.2, 0.25) is 11.7 Å². The van der Waals surface area contributed by atoms with Crippen molar-refractivity contribution in [2.75, 3.05) is 26.7 Å². The smallest absolute Gasteiger partial charge is 0.230 e. The van der Waals surface area contributed by atoms with Gasteiger partial charge in [0, 0.05) is 47.9 Å². The maximum atomic E-state index is 12.9. The van der Waals surface area contributed by atoms with Gasteiger partial charge in [-0.25, -0.2) is 4.98 Å². The van der Waals surface area contributed by atoms with E-state index in [-0.39, 0.29) is 17.6 Å². The molecular weight excluding hydrogens is 454 g/mol. The SMILES string of the molecule is COc1cccc2c(C(=O)C3CC3)cn(CCCN3CCC(c4nc(-c5c#cncc5)no4)CC3)c12. The molecule has 184 valence electrons. The highest BCUT2D eigenvalue weighted by atomic mass is 16.5. The Balaban J connectivity index is 1.07. The van der Waals surface area contributed by atoms with Crippen molar-refractivity contribution in [3.63, 3.8) is 0 Å². The van der Waals surface area contributed by atoms with Crippen molar-refractivity contribution in [3.05, 3.63) is 60.4 Å². The van der Waals surface area contributed by atoms with Gasteiger partial charge in [-0.15, -0.1) is 0 Å². The molecule has 0 spiro atoms. The Labute approximate surface area is 210 Å². The summed E-state index contributed by atoms with van der Waals surface area (Å²) in [4.78, 5) is 23.9. The molecular formula is C28H29N5O3. The molecule has 0 N–H and O–H groups in total. The van der Waals surface area contributed by atoms with Gasteiger partial charge in [-0.05, 0) is 69.9 Å². The molecule has 6 rings (SSSR count). The van der Waals surface area contributed by atoms with Crippen LogP contribution >= 0.6 is 0 Å². The molecule has 1 saturated carbocycles. The topological polar surface area (TPSA) is 86.3 Å². The number of fused-ring (bicyclic) bond motifs is 1. The second kappa shape index (κ2) is 9.75. The van der Waals surface area contributed by atoms with Gasteiger partial charge >= 0.3 is 0 Å². The van der Waals surface area contributed by atoms with Crippen LogP contribution in [0.1, 0.15) is 54.3 Å². The average molecular weight is 484 g/mol. The third-order valence-corrected chi connectivity index (χ3v) is 7.36. The second-order valence-electron chi connectivity index (χ2n) is 9.75. The van der Waals surface area contributed by atoms with Crippen LogP contribution < -0.4 is 4.74 Å². The molecule has 0 amide bonds. The van der Waals surface area contributed by atoms with Gasteiger partial charge in [-0.2, -0.15) is 4.98 Å². The molecule has 2 fully saturated rings. The van der Waals surface area contributed by atoms with Gasteiger partial charge in [0.05, 0.1) is 18.2 Å². The number of ketones is 1. The fraction of sp³-hybridized carbons (Fsp3) is 0.429. The zero-order valence-corrected chi connectivity index (χ0v) is 20.4. The summed E-state index contributed by atoms with van der Waals surface area (Å²) >= 11 is 0. The molecule has 1 saturated heterocycles. The molecule has 0 radical (unpaired) electrons. The van der Waals surface area contributed by atoms with Crippen LogP contribution in [-0.2, 0) is 6.54 Å². The molecule has 2 aliphatic rings. The Hall–Kier alpha value is -3.70. The molecule has 3 aromatic heterocycles. The number of aromatic nitrogens is 4. The highest BCUT2D eigenvalue weighted by Crippen LogP contribution is 2.37.